The summed E-state index contributed by atoms with van der Waals surface area (Å²) in [7, 11) is 0. The number of hydrogen-bond donors (Lipinski definition) is 1. The van der Waals surface area contributed by atoms with Crippen molar-refractivity contribution in [1.29, 1.82) is 0 Å². The van der Waals surface area contributed by atoms with Crippen molar-refractivity contribution in [1.82, 2.24) is 9.97 Å². The molecule has 0 saturated carbocycles. The number of hydrogen-bond acceptors (Lipinski definition) is 4. The van der Waals surface area contributed by atoms with Gasteiger partial charge >= 0.3 is 0 Å². The standard InChI is InChI=1S/C10H17N3O/c1-8(2)4-3-5-14-10-7-12-6-9(11)13-10/h6-8H,3-5H2,1-2H3,(H2,11,13). The molecule has 0 unspecified atom stereocenters. The maximum absolute atomic E-state index is 5.46. The van der Waals surface area contributed by atoms with Crippen LogP contribution in [0.4, 0.5) is 5.82 Å². The maximum atomic E-state index is 5.46. The summed E-state index contributed by atoms with van der Waals surface area (Å²) in [6.07, 6.45) is 5.27. The highest BCUT2D eigenvalue weighted by molar-refractivity contribution is 5.25. The van der Waals surface area contributed by atoms with Gasteiger partial charge in [0.15, 0.2) is 0 Å². The molecule has 0 aliphatic carbocycles. The van der Waals surface area contributed by atoms with E-state index in [4.69, 9.17) is 10.5 Å². The van der Waals surface area contributed by atoms with Crippen molar-refractivity contribution in [2.75, 3.05) is 12.3 Å². The summed E-state index contributed by atoms with van der Waals surface area (Å²) in [5.41, 5.74) is 5.46. The Morgan fingerprint density at radius 1 is 1.43 bits per heavy atom. The molecule has 0 aromatic carbocycles. The zero-order valence-corrected chi connectivity index (χ0v) is 8.73. The van der Waals surface area contributed by atoms with E-state index in [-0.39, 0.29) is 0 Å². The van der Waals surface area contributed by atoms with Crippen molar-refractivity contribution >= 4 is 5.82 Å². The molecule has 1 heterocycles. The molecule has 0 saturated heterocycles. The molecule has 0 radical (unpaired) electrons. The Morgan fingerprint density at radius 3 is 2.86 bits per heavy atom. The van der Waals surface area contributed by atoms with Gasteiger partial charge in [0.25, 0.3) is 0 Å². The van der Waals surface area contributed by atoms with Crippen LogP contribution >= 0.6 is 0 Å². The molecule has 2 N–H and O–H groups in total. The minimum atomic E-state index is 0.395. The lowest BCUT2D eigenvalue weighted by atomic mass is 10.1. The molecule has 14 heavy (non-hydrogen) atoms. The number of nitrogens with zero attached hydrogens (tertiary/aromatic N) is 2. The van der Waals surface area contributed by atoms with Crippen LogP contribution in [0.25, 0.3) is 0 Å². The molecule has 0 bridgehead atoms. The van der Waals surface area contributed by atoms with Crippen molar-refractivity contribution in [2.45, 2.75) is 26.7 Å². The van der Waals surface area contributed by atoms with Crippen LogP contribution in [0.5, 0.6) is 5.88 Å². The van der Waals surface area contributed by atoms with Gasteiger partial charge in [-0.15, -0.1) is 0 Å². The van der Waals surface area contributed by atoms with Crippen molar-refractivity contribution in [3.63, 3.8) is 0 Å². The van der Waals surface area contributed by atoms with Gasteiger partial charge in [0.2, 0.25) is 5.88 Å². The predicted molar refractivity (Wildman–Crippen MR) is 56.0 cm³/mol. The van der Waals surface area contributed by atoms with E-state index in [1.54, 1.807) is 6.20 Å². The lowest BCUT2D eigenvalue weighted by Gasteiger charge is -2.06. The van der Waals surface area contributed by atoms with Gasteiger partial charge in [-0.25, -0.2) is 0 Å². The van der Waals surface area contributed by atoms with E-state index in [1.807, 2.05) is 0 Å². The molecule has 0 atom stereocenters. The van der Waals surface area contributed by atoms with E-state index in [9.17, 15) is 0 Å². The van der Waals surface area contributed by atoms with E-state index in [0.717, 1.165) is 12.8 Å². The first-order chi connectivity index (χ1) is 6.68. The molecule has 0 amide bonds. The van der Waals surface area contributed by atoms with Gasteiger partial charge in [0.05, 0.1) is 19.0 Å². The van der Waals surface area contributed by atoms with Gasteiger partial charge in [-0.3, -0.25) is 4.98 Å². The fourth-order valence-electron chi connectivity index (χ4n) is 1.10. The van der Waals surface area contributed by atoms with E-state index < -0.39 is 0 Å². The fourth-order valence-corrected chi connectivity index (χ4v) is 1.10. The van der Waals surface area contributed by atoms with Crippen LogP contribution in [0, 0.1) is 5.92 Å². The molecule has 78 valence electrons. The van der Waals surface area contributed by atoms with Crippen LogP contribution in [-0.4, -0.2) is 16.6 Å². The fraction of sp³-hybridized carbons (Fsp3) is 0.600. The first kappa shape index (κ1) is 10.8. The van der Waals surface area contributed by atoms with Gasteiger partial charge < -0.3 is 10.5 Å². The van der Waals surface area contributed by atoms with E-state index in [2.05, 4.69) is 23.8 Å². The minimum Gasteiger partial charge on any atom is -0.477 e. The van der Waals surface area contributed by atoms with Crippen LogP contribution < -0.4 is 10.5 Å². The molecular weight excluding hydrogens is 178 g/mol. The largest absolute Gasteiger partial charge is 0.477 e. The van der Waals surface area contributed by atoms with Gasteiger partial charge in [0.1, 0.15) is 5.82 Å². The Morgan fingerprint density at radius 2 is 2.21 bits per heavy atom. The maximum Gasteiger partial charge on any atom is 0.234 e. The zero-order chi connectivity index (χ0) is 10.4. The first-order valence-corrected chi connectivity index (χ1v) is 4.89. The van der Waals surface area contributed by atoms with Crippen LogP contribution in [0.3, 0.4) is 0 Å². The number of nitrogens with two attached hydrogens (primary N) is 1. The van der Waals surface area contributed by atoms with E-state index >= 15 is 0 Å². The quantitative estimate of drug-likeness (QED) is 0.729. The normalized spacial score (nSPS) is 10.5. The zero-order valence-electron chi connectivity index (χ0n) is 8.73. The van der Waals surface area contributed by atoms with Gasteiger partial charge in [-0.1, -0.05) is 13.8 Å². The highest BCUT2D eigenvalue weighted by Crippen LogP contribution is 2.08. The van der Waals surface area contributed by atoms with Crippen molar-refractivity contribution < 1.29 is 4.74 Å². The number of nitrogen functional groups attached to an aromatic ring is 1. The second-order valence-electron chi connectivity index (χ2n) is 3.67. The highest BCUT2D eigenvalue weighted by Gasteiger charge is 1.98. The number of anilines is 1. The summed E-state index contributed by atoms with van der Waals surface area (Å²) >= 11 is 0. The van der Waals surface area contributed by atoms with Crippen LogP contribution in [0.2, 0.25) is 0 Å². The number of ether oxygens (including phenoxy) is 1. The molecule has 0 spiro atoms. The first-order valence-electron chi connectivity index (χ1n) is 4.89. The summed E-state index contributed by atoms with van der Waals surface area (Å²) in [6.45, 7) is 5.07. The van der Waals surface area contributed by atoms with Gasteiger partial charge in [0, 0.05) is 0 Å². The van der Waals surface area contributed by atoms with E-state index in [0.29, 0.717) is 24.2 Å². The Kier molecular flexibility index (Phi) is 4.16. The number of aromatic nitrogens is 2. The van der Waals surface area contributed by atoms with E-state index in [1.165, 1.54) is 6.20 Å². The Hall–Kier alpha value is -1.32. The lowest BCUT2D eigenvalue weighted by Crippen LogP contribution is -2.02. The molecular formula is C10H17N3O. The minimum absolute atomic E-state index is 0.395. The average molecular weight is 195 g/mol. The highest BCUT2D eigenvalue weighted by atomic mass is 16.5. The molecule has 0 fully saturated rings. The van der Waals surface area contributed by atoms with Crippen LogP contribution in [0.1, 0.15) is 26.7 Å². The predicted octanol–water partition coefficient (Wildman–Crippen LogP) is 1.87. The molecule has 4 heteroatoms. The average Bonchev–Trinajstić information content (AvgIpc) is 2.12. The smallest absolute Gasteiger partial charge is 0.234 e. The van der Waals surface area contributed by atoms with Gasteiger partial charge in [-0.2, -0.15) is 4.98 Å². The topological polar surface area (TPSA) is 61.0 Å². The lowest BCUT2D eigenvalue weighted by molar-refractivity contribution is 0.286. The molecule has 1 rings (SSSR count). The molecule has 0 aliphatic rings. The summed E-state index contributed by atoms with van der Waals surface area (Å²) < 4.78 is 5.38. The van der Waals surface area contributed by atoms with Crippen molar-refractivity contribution in [3.05, 3.63) is 12.4 Å². The second kappa shape index (κ2) is 5.42. The second-order valence-corrected chi connectivity index (χ2v) is 3.67. The summed E-state index contributed by atoms with van der Waals surface area (Å²) in [6, 6.07) is 0. The third kappa shape index (κ3) is 4.07. The molecule has 1 aromatic rings. The monoisotopic (exact) mass is 195 g/mol. The van der Waals surface area contributed by atoms with Crippen LogP contribution in [0.15, 0.2) is 12.4 Å². The molecule has 1 aromatic heterocycles. The Bertz CT molecular complexity index is 276. The summed E-state index contributed by atoms with van der Waals surface area (Å²) in [5, 5.41) is 0. The third-order valence-electron chi connectivity index (χ3n) is 1.81. The van der Waals surface area contributed by atoms with Crippen LogP contribution in [-0.2, 0) is 0 Å². The molecule has 0 aliphatic heterocycles. The third-order valence-corrected chi connectivity index (χ3v) is 1.81. The summed E-state index contributed by atoms with van der Waals surface area (Å²) in [4.78, 5) is 7.87. The Labute approximate surface area is 84.5 Å². The van der Waals surface area contributed by atoms with Crippen molar-refractivity contribution in [3.8, 4) is 5.88 Å². The van der Waals surface area contributed by atoms with Crippen molar-refractivity contribution in [2.24, 2.45) is 5.92 Å². The Balaban J connectivity index is 2.25. The number of rotatable bonds is 5. The SMILES string of the molecule is CC(C)CCCOc1cncc(N)n1. The molecule has 4 nitrogen and oxygen atoms in total. The summed E-state index contributed by atoms with van der Waals surface area (Å²) in [5.74, 6) is 1.62. The van der Waals surface area contributed by atoms with Gasteiger partial charge in [-0.05, 0) is 18.8 Å².